The number of hydrogen-bond acceptors (Lipinski definition) is 5. The Morgan fingerprint density at radius 3 is 2.67 bits per heavy atom. The first-order valence-corrected chi connectivity index (χ1v) is 10.7. The zero-order valence-electron chi connectivity index (χ0n) is 17.6. The number of amides is 2. The third-order valence-corrected chi connectivity index (χ3v) is 5.90. The average molecular weight is 440 g/mol. The molecule has 4 aromatic rings. The first-order chi connectivity index (χ1) is 16.2. The van der Waals surface area contributed by atoms with Crippen LogP contribution in [-0.2, 0) is 16.1 Å². The highest BCUT2D eigenvalue weighted by molar-refractivity contribution is 6.05. The zero-order valence-corrected chi connectivity index (χ0v) is 17.6. The van der Waals surface area contributed by atoms with Gasteiger partial charge in [0.15, 0.2) is 11.5 Å². The molecule has 0 aliphatic carbocycles. The topological polar surface area (TPSA) is 85.7 Å². The SMILES string of the molecule is O=C(CC1C(=O)N(Cc2ccc3c(c2)OCO3)c2nc3ccccc3n21)Nc1ccccc1. The molecule has 0 spiro atoms. The van der Waals surface area contributed by atoms with E-state index in [4.69, 9.17) is 14.5 Å². The normalized spacial score (nSPS) is 16.3. The van der Waals surface area contributed by atoms with Crippen LogP contribution in [0.25, 0.3) is 11.0 Å². The number of para-hydroxylation sites is 3. The molecule has 6 rings (SSSR count). The number of nitrogens with one attached hydrogen (secondary N) is 1. The fourth-order valence-electron chi connectivity index (χ4n) is 4.38. The second kappa shape index (κ2) is 7.67. The summed E-state index contributed by atoms with van der Waals surface area (Å²) in [5, 5.41) is 2.88. The molecule has 1 atom stereocenters. The van der Waals surface area contributed by atoms with Crippen molar-refractivity contribution in [3.8, 4) is 11.5 Å². The van der Waals surface area contributed by atoms with Crippen LogP contribution < -0.4 is 19.7 Å². The summed E-state index contributed by atoms with van der Waals surface area (Å²) in [4.78, 5) is 32.7. The Bertz CT molecular complexity index is 1380. The molecule has 0 saturated carbocycles. The molecule has 1 N–H and O–H groups in total. The lowest BCUT2D eigenvalue weighted by Crippen LogP contribution is -2.31. The van der Waals surface area contributed by atoms with Crippen LogP contribution in [0.4, 0.5) is 11.6 Å². The van der Waals surface area contributed by atoms with Crippen molar-refractivity contribution in [1.82, 2.24) is 9.55 Å². The average Bonchev–Trinajstić information content (AvgIpc) is 3.50. The summed E-state index contributed by atoms with van der Waals surface area (Å²) in [7, 11) is 0. The summed E-state index contributed by atoms with van der Waals surface area (Å²) in [5.74, 6) is 1.49. The first kappa shape index (κ1) is 19.4. The van der Waals surface area contributed by atoms with Gasteiger partial charge in [0.1, 0.15) is 6.04 Å². The molecule has 8 heteroatoms. The lowest BCUT2D eigenvalue weighted by atomic mass is 10.1. The Labute approximate surface area is 189 Å². The summed E-state index contributed by atoms with van der Waals surface area (Å²) >= 11 is 0. The van der Waals surface area contributed by atoms with Crippen LogP contribution in [0.15, 0.2) is 72.8 Å². The molecule has 2 aliphatic rings. The van der Waals surface area contributed by atoms with Crippen LogP contribution in [0.1, 0.15) is 18.0 Å². The molecule has 1 aromatic heterocycles. The summed E-state index contributed by atoms with van der Waals surface area (Å²) in [6.07, 6.45) is 0.0126. The van der Waals surface area contributed by atoms with E-state index in [0.717, 1.165) is 16.6 Å². The van der Waals surface area contributed by atoms with Crippen LogP contribution >= 0.6 is 0 Å². The van der Waals surface area contributed by atoms with Gasteiger partial charge in [0.05, 0.1) is 24.0 Å². The number of hydrogen-bond donors (Lipinski definition) is 1. The Balaban J connectivity index is 1.33. The molecule has 0 bridgehead atoms. The number of benzene rings is 3. The molecule has 33 heavy (non-hydrogen) atoms. The molecule has 8 nitrogen and oxygen atoms in total. The van der Waals surface area contributed by atoms with Crippen LogP contribution in [0, 0.1) is 0 Å². The van der Waals surface area contributed by atoms with Crippen molar-refractivity contribution < 1.29 is 19.1 Å². The highest BCUT2D eigenvalue weighted by atomic mass is 16.7. The third kappa shape index (κ3) is 3.36. The molecule has 0 fully saturated rings. The number of fused-ring (bicyclic) bond motifs is 4. The van der Waals surface area contributed by atoms with E-state index in [0.29, 0.717) is 29.7 Å². The van der Waals surface area contributed by atoms with Crippen molar-refractivity contribution in [2.75, 3.05) is 17.0 Å². The van der Waals surface area contributed by atoms with Crippen LogP contribution in [0.3, 0.4) is 0 Å². The molecule has 1 unspecified atom stereocenters. The molecule has 0 saturated heterocycles. The van der Waals surface area contributed by atoms with E-state index >= 15 is 0 Å². The fraction of sp³-hybridized carbons (Fsp3) is 0.160. The van der Waals surface area contributed by atoms with Gasteiger partial charge in [0.25, 0.3) is 5.91 Å². The van der Waals surface area contributed by atoms with Crippen molar-refractivity contribution in [1.29, 1.82) is 0 Å². The maximum absolute atomic E-state index is 13.5. The molecular formula is C25H20N4O4. The predicted molar refractivity (Wildman–Crippen MR) is 122 cm³/mol. The van der Waals surface area contributed by atoms with Crippen molar-refractivity contribution in [3.05, 3.63) is 78.4 Å². The minimum atomic E-state index is -0.676. The second-order valence-corrected chi connectivity index (χ2v) is 8.02. The highest BCUT2D eigenvalue weighted by Gasteiger charge is 2.41. The summed E-state index contributed by atoms with van der Waals surface area (Å²) in [5.41, 5.74) is 3.19. The quantitative estimate of drug-likeness (QED) is 0.509. The molecule has 2 aliphatic heterocycles. The van der Waals surface area contributed by atoms with E-state index < -0.39 is 6.04 Å². The van der Waals surface area contributed by atoms with Crippen molar-refractivity contribution in [2.45, 2.75) is 19.0 Å². The number of imidazole rings is 1. The number of nitrogens with zero attached hydrogens (tertiary/aromatic N) is 3. The molecule has 0 radical (unpaired) electrons. The Hall–Kier alpha value is -4.33. The van der Waals surface area contributed by atoms with E-state index in [2.05, 4.69) is 5.32 Å². The monoisotopic (exact) mass is 440 g/mol. The smallest absolute Gasteiger partial charge is 0.253 e. The number of ether oxygens (including phenoxy) is 2. The van der Waals surface area contributed by atoms with Gasteiger partial charge in [0.2, 0.25) is 18.6 Å². The van der Waals surface area contributed by atoms with Crippen LogP contribution in [0.2, 0.25) is 0 Å². The van der Waals surface area contributed by atoms with Gasteiger partial charge >= 0.3 is 0 Å². The van der Waals surface area contributed by atoms with Crippen molar-refractivity contribution in [3.63, 3.8) is 0 Å². The molecule has 3 aromatic carbocycles. The van der Waals surface area contributed by atoms with Gasteiger partial charge in [-0.05, 0) is 42.0 Å². The van der Waals surface area contributed by atoms with Gasteiger partial charge in [-0.15, -0.1) is 0 Å². The molecular weight excluding hydrogens is 420 g/mol. The van der Waals surface area contributed by atoms with E-state index in [-0.39, 0.29) is 25.0 Å². The van der Waals surface area contributed by atoms with E-state index in [1.54, 1.807) is 4.90 Å². The Kier molecular flexibility index (Phi) is 4.50. The first-order valence-electron chi connectivity index (χ1n) is 10.7. The predicted octanol–water partition coefficient (Wildman–Crippen LogP) is 3.88. The summed E-state index contributed by atoms with van der Waals surface area (Å²) in [6, 6.07) is 21.8. The van der Waals surface area contributed by atoms with Gasteiger partial charge in [-0.1, -0.05) is 36.4 Å². The van der Waals surface area contributed by atoms with E-state index in [1.165, 1.54) is 0 Å². The van der Waals surface area contributed by atoms with Crippen molar-refractivity contribution >= 4 is 34.5 Å². The minimum absolute atomic E-state index is 0.0126. The lowest BCUT2D eigenvalue weighted by Gasteiger charge is -2.16. The molecule has 164 valence electrons. The molecule has 2 amide bonds. The number of carbonyl (C=O) groups is 2. The maximum atomic E-state index is 13.5. The van der Waals surface area contributed by atoms with Gasteiger partial charge in [0, 0.05) is 5.69 Å². The summed E-state index contributed by atoms with van der Waals surface area (Å²) in [6.45, 7) is 0.505. The lowest BCUT2D eigenvalue weighted by molar-refractivity contribution is -0.124. The third-order valence-electron chi connectivity index (χ3n) is 5.90. The van der Waals surface area contributed by atoms with Crippen LogP contribution in [0.5, 0.6) is 11.5 Å². The fourth-order valence-corrected chi connectivity index (χ4v) is 4.38. The Morgan fingerprint density at radius 2 is 1.79 bits per heavy atom. The zero-order chi connectivity index (χ0) is 22.4. The molecule has 3 heterocycles. The largest absolute Gasteiger partial charge is 0.454 e. The van der Waals surface area contributed by atoms with Crippen molar-refractivity contribution in [2.24, 2.45) is 0 Å². The summed E-state index contributed by atoms with van der Waals surface area (Å²) < 4.78 is 12.7. The van der Waals surface area contributed by atoms with Crippen LogP contribution in [-0.4, -0.2) is 28.2 Å². The number of anilines is 2. The maximum Gasteiger partial charge on any atom is 0.253 e. The second-order valence-electron chi connectivity index (χ2n) is 8.02. The Morgan fingerprint density at radius 1 is 1.00 bits per heavy atom. The van der Waals surface area contributed by atoms with Gasteiger partial charge in [-0.3, -0.25) is 19.1 Å². The van der Waals surface area contributed by atoms with Gasteiger partial charge in [-0.2, -0.15) is 0 Å². The van der Waals surface area contributed by atoms with Gasteiger partial charge < -0.3 is 14.8 Å². The van der Waals surface area contributed by atoms with E-state index in [9.17, 15) is 9.59 Å². The highest BCUT2D eigenvalue weighted by Crippen LogP contribution is 2.39. The van der Waals surface area contributed by atoms with Gasteiger partial charge in [-0.25, -0.2) is 4.98 Å². The number of carbonyl (C=O) groups excluding carboxylic acids is 2. The standard InChI is InChI=1S/C25H20N4O4/c30-23(26-17-6-2-1-3-7-17)13-20-24(31)28(14-16-10-11-21-22(12-16)33-15-32-21)25-27-18-8-4-5-9-19(18)29(20)25/h1-12,20H,13-15H2,(H,26,30). The number of aromatic nitrogens is 2. The minimum Gasteiger partial charge on any atom is -0.454 e. The number of rotatable bonds is 5. The van der Waals surface area contributed by atoms with E-state index in [1.807, 2.05) is 77.4 Å².